The second kappa shape index (κ2) is 6.15. The highest BCUT2D eigenvalue weighted by Crippen LogP contribution is 2.18. The van der Waals surface area contributed by atoms with Gasteiger partial charge in [0.1, 0.15) is 6.17 Å². The molecular weight excluding hydrogens is 229 g/mol. The van der Waals surface area contributed by atoms with Crippen LogP contribution in [-0.4, -0.2) is 18.6 Å². The van der Waals surface area contributed by atoms with Gasteiger partial charge in [-0.1, -0.05) is 48.6 Å². The van der Waals surface area contributed by atoms with E-state index in [1.54, 1.807) is 12.2 Å². The highest BCUT2D eigenvalue weighted by Gasteiger charge is 2.15. The average molecular weight is 245 g/mol. The van der Waals surface area contributed by atoms with Crippen LogP contribution < -0.4 is 5.32 Å². The van der Waals surface area contributed by atoms with E-state index in [1.165, 1.54) is 0 Å². The molecule has 0 saturated heterocycles. The number of nitrogens with one attached hydrogen (secondary N) is 1. The topological polar surface area (TPSA) is 29.1 Å². The van der Waals surface area contributed by atoms with E-state index >= 15 is 0 Å². The summed E-state index contributed by atoms with van der Waals surface area (Å²) in [5.74, 6) is 0. The Morgan fingerprint density at radius 3 is 2.78 bits per heavy atom. The zero-order valence-electron chi connectivity index (χ0n) is 10.1. The van der Waals surface area contributed by atoms with Crippen LogP contribution in [-0.2, 0) is 11.2 Å². The maximum atomic E-state index is 13.0. The second-order valence-corrected chi connectivity index (χ2v) is 4.34. The van der Waals surface area contributed by atoms with Gasteiger partial charge < -0.3 is 5.32 Å². The van der Waals surface area contributed by atoms with Crippen molar-refractivity contribution >= 4 is 6.41 Å². The Hall–Kier alpha value is -1.90. The lowest BCUT2D eigenvalue weighted by Gasteiger charge is -2.20. The van der Waals surface area contributed by atoms with E-state index < -0.39 is 6.17 Å². The van der Waals surface area contributed by atoms with Gasteiger partial charge in [-0.25, -0.2) is 4.39 Å². The number of carbonyl (C=O) groups is 1. The van der Waals surface area contributed by atoms with Gasteiger partial charge in [0.05, 0.1) is 6.04 Å². The molecule has 1 unspecified atom stereocenters. The normalized spacial score (nSPS) is 20.1. The Kier molecular flexibility index (Phi) is 4.29. The van der Waals surface area contributed by atoms with E-state index in [9.17, 15) is 9.18 Å². The van der Waals surface area contributed by atoms with Gasteiger partial charge >= 0.3 is 0 Å². The Bertz CT molecular complexity index is 453. The van der Waals surface area contributed by atoms with Crippen molar-refractivity contribution < 1.29 is 9.18 Å². The molecule has 0 bridgehead atoms. The van der Waals surface area contributed by atoms with Gasteiger partial charge in [-0.3, -0.25) is 4.79 Å². The van der Waals surface area contributed by atoms with Gasteiger partial charge in [0.2, 0.25) is 6.41 Å². The molecule has 0 heterocycles. The van der Waals surface area contributed by atoms with E-state index in [4.69, 9.17) is 0 Å². The molecule has 1 aliphatic rings. The van der Waals surface area contributed by atoms with Crippen LogP contribution in [0.25, 0.3) is 0 Å². The van der Waals surface area contributed by atoms with Crippen molar-refractivity contribution in [3.05, 3.63) is 59.7 Å². The molecule has 0 radical (unpaired) electrons. The van der Waals surface area contributed by atoms with Crippen molar-refractivity contribution in [1.82, 2.24) is 5.32 Å². The summed E-state index contributed by atoms with van der Waals surface area (Å²) < 4.78 is 13.0. The molecule has 0 spiro atoms. The Morgan fingerprint density at radius 2 is 2.17 bits per heavy atom. The van der Waals surface area contributed by atoms with Gasteiger partial charge in [-0.05, 0) is 17.6 Å². The molecular formula is C15H16FNO. The van der Waals surface area contributed by atoms with Crippen molar-refractivity contribution in [2.75, 3.05) is 0 Å². The SMILES string of the molecule is O=CN[C@H](Cc1ccccc1)C1=CCC(F)C=C1. The third-order valence-electron chi connectivity index (χ3n) is 3.03. The zero-order chi connectivity index (χ0) is 12.8. The minimum atomic E-state index is -0.901. The van der Waals surface area contributed by atoms with Gasteiger partial charge in [0.15, 0.2) is 0 Å². The monoisotopic (exact) mass is 245 g/mol. The third-order valence-corrected chi connectivity index (χ3v) is 3.03. The van der Waals surface area contributed by atoms with E-state index in [2.05, 4.69) is 5.32 Å². The third kappa shape index (κ3) is 3.29. The quantitative estimate of drug-likeness (QED) is 0.794. The first-order chi connectivity index (χ1) is 8.79. The molecule has 1 N–H and O–H groups in total. The summed E-state index contributed by atoms with van der Waals surface area (Å²) in [5, 5.41) is 2.79. The second-order valence-electron chi connectivity index (χ2n) is 4.34. The molecule has 0 fully saturated rings. The standard InChI is InChI=1S/C15H16FNO/c16-14-8-6-13(7-9-14)15(17-11-18)10-12-4-2-1-3-5-12/h1-8,11,14-15H,9-10H2,(H,17,18)/t14?,15-/m1/s1. The summed E-state index contributed by atoms with van der Waals surface area (Å²) in [6.45, 7) is 0. The molecule has 2 nitrogen and oxygen atoms in total. The van der Waals surface area contributed by atoms with Crippen molar-refractivity contribution in [2.24, 2.45) is 0 Å². The predicted octanol–water partition coefficient (Wildman–Crippen LogP) is 2.57. The van der Waals surface area contributed by atoms with Gasteiger partial charge in [-0.2, -0.15) is 0 Å². The zero-order valence-corrected chi connectivity index (χ0v) is 10.1. The Morgan fingerprint density at radius 1 is 1.39 bits per heavy atom. The fourth-order valence-electron chi connectivity index (χ4n) is 2.07. The van der Waals surface area contributed by atoms with E-state index in [1.807, 2.05) is 36.4 Å². The number of alkyl halides is 1. The van der Waals surface area contributed by atoms with Gasteiger partial charge in [0.25, 0.3) is 0 Å². The number of hydrogen-bond acceptors (Lipinski definition) is 1. The van der Waals surface area contributed by atoms with Crippen LogP contribution in [0.1, 0.15) is 12.0 Å². The van der Waals surface area contributed by atoms with Crippen molar-refractivity contribution in [2.45, 2.75) is 25.1 Å². The molecule has 3 heteroatoms. The Balaban J connectivity index is 2.09. The molecule has 1 aliphatic carbocycles. The first-order valence-corrected chi connectivity index (χ1v) is 6.05. The predicted molar refractivity (Wildman–Crippen MR) is 69.9 cm³/mol. The largest absolute Gasteiger partial charge is 0.352 e. The summed E-state index contributed by atoms with van der Waals surface area (Å²) in [5.41, 5.74) is 2.12. The first kappa shape index (κ1) is 12.6. The lowest BCUT2D eigenvalue weighted by molar-refractivity contribution is -0.109. The number of allylic oxidation sites excluding steroid dienone is 2. The number of benzene rings is 1. The van der Waals surface area contributed by atoms with Gasteiger partial charge in [0, 0.05) is 6.42 Å². The van der Waals surface area contributed by atoms with E-state index in [0.29, 0.717) is 19.3 Å². The number of hydrogen-bond donors (Lipinski definition) is 1. The molecule has 2 rings (SSSR count). The summed E-state index contributed by atoms with van der Waals surface area (Å²) in [6, 6.07) is 9.84. The number of amides is 1. The average Bonchev–Trinajstić information content (AvgIpc) is 2.40. The minimum Gasteiger partial charge on any atom is -0.352 e. The number of carbonyl (C=O) groups excluding carboxylic acids is 1. The van der Waals surface area contributed by atoms with Crippen LogP contribution in [0.3, 0.4) is 0 Å². The maximum Gasteiger partial charge on any atom is 0.207 e. The van der Waals surface area contributed by atoms with Crippen LogP contribution in [0.4, 0.5) is 4.39 Å². The fourth-order valence-corrected chi connectivity index (χ4v) is 2.07. The minimum absolute atomic E-state index is 0.0892. The van der Waals surface area contributed by atoms with Crippen LogP contribution in [0.2, 0.25) is 0 Å². The van der Waals surface area contributed by atoms with Crippen LogP contribution >= 0.6 is 0 Å². The molecule has 1 amide bonds. The van der Waals surface area contributed by atoms with Gasteiger partial charge in [-0.15, -0.1) is 0 Å². The summed E-state index contributed by atoms with van der Waals surface area (Å²) in [4.78, 5) is 10.7. The van der Waals surface area contributed by atoms with Crippen molar-refractivity contribution in [3.63, 3.8) is 0 Å². The van der Waals surface area contributed by atoms with Crippen LogP contribution in [0, 0.1) is 0 Å². The van der Waals surface area contributed by atoms with Crippen LogP contribution in [0.15, 0.2) is 54.1 Å². The molecule has 0 saturated carbocycles. The summed E-state index contributed by atoms with van der Waals surface area (Å²) in [7, 11) is 0. The summed E-state index contributed by atoms with van der Waals surface area (Å²) >= 11 is 0. The lowest BCUT2D eigenvalue weighted by atomic mass is 9.94. The van der Waals surface area contributed by atoms with Crippen molar-refractivity contribution in [3.8, 4) is 0 Å². The Labute approximate surface area is 106 Å². The smallest absolute Gasteiger partial charge is 0.207 e. The van der Waals surface area contributed by atoms with E-state index in [0.717, 1.165) is 11.1 Å². The molecule has 18 heavy (non-hydrogen) atoms. The molecule has 0 aromatic heterocycles. The number of halogens is 1. The maximum absolute atomic E-state index is 13.0. The molecule has 94 valence electrons. The van der Waals surface area contributed by atoms with Crippen LogP contribution in [0.5, 0.6) is 0 Å². The lowest BCUT2D eigenvalue weighted by Crippen LogP contribution is -2.32. The first-order valence-electron chi connectivity index (χ1n) is 6.05. The summed E-state index contributed by atoms with van der Waals surface area (Å²) in [6.07, 6.45) is 6.06. The number of rotatable bonds is 5. The molecule has 0 aliphatic heterocycles. The fraction of sp³-hybridized carbons (Fsp3) is 0.267. The van der Waals surface area contributed by atoms with E-state index in [-0.39, 0.29) is 6.04 Å². The molecule has 1 aromatic rings. The molecule has 2 atom stereocenters. The molecule has 1 aromatic carbocycles. The highest BCUT2D eigenvalue weighted by molar-refractivity contribution is 5.49. The van der Waals surface area contributed by atoms with Crippen molar-refractivity contribution in [1.29, 1.82) is 0 Å². The highest BCUT2D eigenvalue weighted by atomic mass is 19.1.